The van der Waals surface area contributed by atoms with Gasteiger partial charge in [0.05, 0.1) is 5.69 Å². The molecule has 1 N–H and O–H groups in total. The summed E-state index contributed by atoms with van der Waals surface area (Å²) >= 11 is 0. The van der Waals surface area contributed by atoms with Crippen molar-refractivity contribution in [2.75, 3.05) is 19.6 Å². The Hall–Kier alpha value is -2.14. The summed E-state index contributed by atoms with van der Waals surface area (Å²) in [7, 11) is 0. The highest BCUT2D eigenvalue weighted by atomic mass is 16.2. The molecule has 3 heterocycles. The van der Waals surface area contributed by atoms with Gasteiger partial charge >= 0.3 is 0 Å². The van der Waals surface area contributed by atoms with Crippen molar-refractivity contribution in [1.29, 1.82) is 0 Å². The van der Waals surface area contributed by atoms with Gasteiger partial charge < -0.3 is 9.88 Å². The Morgan fingerprint density at radius 2 is 1.89 bits per heavy atom. The zero-order valence-corrected chi connectivity index (χ0v) is 17.2. The lowest BCUT2D eigenvalue weighted by atomic mass is 9.85. The number of carbonyl (C=O) groups excluding carboxylic acids is 1. The van der Waals surface area contributed by atoms with Crippen LogP contribution in [0.25, 0.3) is 0 Å². The monoisotopic (exact) mass is 380 g/mol. The Morgan fingerprint density at radius 3 is 2.61 bits per heavy atom. The molecule has 0 saturated carbocycles. The number of H-pyrrole nitrogens is 1. The summed E-state index contributed by atoms with van der Waals surface area (Å²) in [5, 5.41) is 0. The second kappa shape index (κ2) is 8.08. The Morgan fingerprint density at radius 1 is 1.14 bits per heavy atom. The summed E-state index contributed by atoms with van der Waals surface area (Å²) in [6.07, 6.45) is 6.01. The second-order valence-corrected chi connectivity index (χ2v) is 8.30. The van der Waals surface area contributed by atoms with Crippen LogP contribution in [0.3, 0.4) is 0 Å². The minimum Gasteiger partial charge on any atom is -0.346 e. The van der Waals surface area contributed by atoms with Gasteiger partial charge in [0.1, 0.15) is 11.4 Å². The van der Waals surface area contributed by atoms with E-state index in [4.69, 9.17) is 4.98 Å². The molecule has 1 spiro atoms. The third kappa shape index (κ3) is 3.60. The number of nitrogens with zero attached hydrogens (tertiary/aromatic N) is 3. The summed E-state index contributed by atoms with van der Waals surface area (Å²) < 4.78 is 0. The summed E-state index contributed by atoms with van der Waals surface area (Å²) in [4.78, 5) is 26.3. The molecule has 5 heteroatoms. The molecule has 1 aromatic carbocycles. The smallest absolute Gasteiger partial charge is 0.243 e. The summed E-state index contributed by atoms with van der Waals surface area (Å²) in [6, 6.07) is 10.5. The lowest BCUT2D eigenvalue weighted by Crippen LogP contribution is -2.59. The maximum atomic E-state index is 13.6. The predicted octanol–water partition coefficient (Wildman–Crippen LogP) is 3.48. The number of aryl methyl sites for hydroxylation is 2. The maximum Gasteiger partial charge on any atom is 0.243 e. The number of benzene rings is 1. The number of likely N-dealkylation sites (tertiary alicyclic amines) is 2. The second-order valence-electron chi connectivity index (χ2n) is 8.30. The zero-order valence-electron chi connectivity index (χ0n) is 17.2. The Balaban J connectivity index is 1.48. The van der Waals surface area contributed by atoms with Crippen molar-refractivity contribution in [3.63, 3.8) is 0 Å². The maximum absolute atomic E-state index is 13.6. The Kier molecular flexibility index (Phi) is 5.54. The first-order valence-corrected chi connectivity index (χ1v) is 10.7. The molecule has 2 fully saturated rings. The first-order chi connectivity index (χ1) is 13.6. The van der Waals surface area contributed by atoms with Crippen LogP contribution in [-0.4, -0.2) is 50.8 Å². The topological polar surface area (TPSA) is 52.2 Å². The van der Waals surface area contributed by atoms with Crippen molar-refractivity contribution in [1.82, 2.24) is 19.8 Å². The fourth-order valence-corrected chi connectivity index (χ4v) is 4.94. The summed E-state index contributed by atoms with van der Waals surface area (Å²) in [6.45, 7) is 7.70. The van der Waals surface area contributed by atoms with Gasteiger partial charge in [0.25, 0.3) is 0 Å². The molecule has 2 saturated heterocycles. The van der Waals surface area contributed by atoms with Crippen LogP contribution in [0.4, 0.5) is 0 Å². The highest BCUT2D eigenvalue weighted by Gasteiger charge is 2.50. The molecule has 1 amide bonds. The van der Waals surface area contributed by atoms with E-state index in [0.717, 1.165) is 81.9 Å². The van der Waals surface area contributed by atoms with Crippen molar-refractivity contribution in [3.05, 3.63) is 53.1 Å². The fraction of sp³-hybridized carbons (Fsp3) is 0.565. The first kappa shape index (κ1) is 19.2. The number of carbonyl (C=O) groups is 1. The molecule has 0 aliphatic carbocycles. The Bertz CT molecular complexity index is 815. The van der Waals surface area contributed by atoms with Crippen LogP contribution in [0.2, 0.25) is 0 Å². The molecule has 5 nitrogen and oxygen atoms in total. The van der Waals surface area contributed by atoms with E-state index in [1.165, 1.54) is 5.56 Å². The molecular weight excluding hydrogens is 348 g/mol. The van der Waals surface area contributed by atoms with Crippen LogP contribution in [0.5, 0.6) is 0 Å². The van der Waals surface area contributed by atoms with Gasteiger partial charge in [-0.2, -0.15) is 0 Å². The third-order valence-electron chi connectivity index (χ3n) is 6.55. The van der Waals surface area contributed by atoms with E-state index in [0.29, 0.717) is 5.91 Å². The molecule has 2 aliphatic heterocycles. The molecule has 4 rings (SSSR count). The van der Waals surface area contributed by atoms with Crippen molar-refractivity contribution < 1.29 is 4.79 Å². The number of imidazole rings is 1. The van der Waals surface area contributed by atoms with Gasteiger partial charge in [-0.3, -0.25) is 9.69 Å². The highest BCUT2D eigenvalue weighted by Crippen LogP contribution is 2.39. The van der Waals surface area contributed by atoms with Crippen LogP contribution in [0.15, 0.2) is 30.3 Å². The lowest BCUT2D eigenvalue weighted by Gasteiger charge is -2.44. The number of amides is 1. The predicted molar refractivity (Wildman–Crippen MR) is 111 cm³/mol. The van der Waals surface area contributed by atoms with E-state index in [1.807, 2.05) is 6.07 Å². The van der Waals surface area contributed by atoms with Gasteiger partial charge in [-0.15, -0.1) is 0 Å². The number of piperidine rings is 1. The van der Waals surface area contributed by atoms with E-state index in [2.05, 4.69) is 52.9 Å². The molecule has 1 atom stereocenters. The van der Waals surface area contributed by atoms with Crippen LogP contribution in [0, 0.1) is 6.92 Å². The van der Waals surface area contributed by atoms with Crippen molar-refractivity contribution in [3.8, 4) is 0 Å². The van der Waals surface area contributed by atoms with Crippen LogP contribution < -0.4 is 0 Å². The molecule has 1 unspecified atom stereocenters. The lowest BCUT2D eigenvalue weighted by molar-refractivity contribution is -0.147. The summed E-state index contributed by atoms with van der Waals surface area (Å²) in [5.41, 5.74) is 3.24. The van der Waals surface area contributed by atoms with Crippen LogP contribution in [0.1, 0.15) is 55.4 Å². The van der Waals surface area contributed by atoms with Gasteiger partial charge in [-0.25, -0.2) is 4.98 Å². The minimum absolute atomic E-state index is 0.313. The van der Waals surface area contributed by atoms with E-state index in [9.17, 15) is 4.79 Å². The normalized spacial score (nSPS) is 23.1. The summed E-state index contributed by atoms with van der Waals surface area (Å²) in [5.74, 6) is 1.39. The molecule has 0 bridgehead atoms. The third-order valence-corrected chi connectivity index (χ3v) is 6.55. The minimum atomic E-state index is -0.313. The molecule has 2 aromatic rings. The highest BCUT2D eigenvalue weighted by molar-refractivity contribution is 5.87. The van der Waals surface area contributed by atoms with E-state index < -0.39 is 0 Å². The largest absolute Gasteiger partial charge is 0.346 e. The quantitative estimate of drug-likeness (QED) is 0.835. The zero-order chi connectivity index (χ0) is 19.6. The fourth-order valence-electron chi connectivity index (χ4n) is 4.94. The van der Waals surface area contributed by atoms with Crippen LogP contribution in [-0.2, 0) is 24.2 Å². The van der Waals surface area contributed by atoms with Gasteiger partial charge in [0, 0.05) is 31.7 Å². The van der Waals surface area contributed by atoms with E-state index in [-0.39, 0.29) is 5.54 Å². The average molecular weight is 381 g/mol. The van der Waals surface area contributed by atoms with E-state index >= 15 is 0 Å². The van der Waals surface area contributed by atoms with Crippen molar-refractivity contribution in [2.24, 2.45) is 0 Å². The molecule has 2 aliphatic rings. The molecule has 0 radical (unpaired) electrons. The molecule has 1 aromatic heterocycles. The number of rotatable bonds is 6. The molecule has 28 heavy (non-hydrogen) atoms. The van der Waals surface area contributed by atoms with Crippen molar-refractivity contribution in [2.45, 2.75) is 64.5 Å². The first-order valence-electron chi connectivity index (χ1n) is 10.7. The number of hydrogen-bond donors (Lipinski definition) is 1. The standard InChI is InChI=1S/C23H32N4O/c1-3-21-24-18(2)20(25-21)17-27-15-8-13-23(27)12-7-14-26(22(23)28)16-11-19-9-5-4-6-10-19/h4-6,9-10H,3,7-8,11-17H2,1-2H3,(H,24,25). The number of aromatic amines is 1. The van der Waals surface area contributed by atoms with Gasteiger partial charge in [0.2, 0.25) is 5.91 Å². The van der Waals surface area contributed by atoms with Gasteiger partial charge in [-0.05, 0) is 51.1 Å². The Labute approximate surface area is 168 Å². The van der Waals surface area contributed by atoms with Crippen molar-refractivity contribution >= 4 is 5.91 Å². The van der Waals surface area contributed by atoms with Crippen LogP contribution >= 0.6 is 0 Å². The SMILES string of the molecule is CCc1nc(CN2CCCC23CCCN(CCc2ccccc2)C3=O)c(C)[nH]1. The van der Waals surface area contributed by atoms with Gasteiger partial charge in [0.15, 0.2) is 0 Å². The van der Waals surface area contributed by atoms with Gasteiger partial charge in [-0.1, -0.05) is 37.3 Å². The average Bonchev–Trinajstić information content (AvgIpc) is 3.28. The number of hydrogen-bond acceptors (Lipinski definition) is 3. The molecular formula is C23H32N4O. The number of aromatic nitrogens is 2. The van der Waals surface area contributed by atoms with E-state index in [1.54, 1.807) is 0 Å². The number of nitrogens with one attached hydrogen (secondary N) is 1. The molecule has 150 valence electrons.